The lowest BCUT2D eigenvalue weighted by atomic mass is 10.1. The van der Waals surface area contributed by atoms with E-state index in [0.29, 0.717) is 22.7 Å². The van der Waals surface area contributed by atoms with Crippen LogP contribution in [0.5, 0.6) is 17.2 Å². The van der Waals surface area contributed by atoms with E-state index in [0.717, 1.165) is 5.75 Å². The summed E-state index contributed by atoms with van der Waals surface area (Å²) in [7, 11) is 3.09. The van der Waals surface area contributed by atoms with E-state index < -0.39 is 0 Å². The van der Waals surface area contributed by atoms with Crippen molar-refractivity contribution in [1.29, 1.82) is 0 Å². The lowest BCUT2D eigenvalue weighted by molar-refractivity contribution is 0.102. The van der Waals surface area contributed by atoms with Crippen molar-refractivity contribution < 1.29 is 19.0 Å². The molecule has 0 saturated carbocycles. The number of benzene rings is 2. The molecule has 5 nitrogen and oxygen atoms in total. The summed E-state index contributed by atoms with van der Waals surface area (Å²) in [6.07, 6.45) is 0.111. The highest BCUT2D eigenvalue weighted by Crippen LogP contribution is 2.24. The van der Waals surface area contributed by atoms with Crippen molar-refractivity contribution in [2.45, 2.75) is 20.0 Å². The maximum absolute atomic E-state index is 12.4. The van der Waals surface area contributed by atoms with Gasteiger partial charge in [-0.15, -0.1) is 0 Å². The smallest absolute Gasteiger partial charge is 0.255 e. The zero-order chi connectivity index (χ0) is 16.8. The average Bonchev–Trinajstić information content (AvgIpc) is 2.55. The highest BCUT2D eigenvalue weighted by Gasteiger charge is 2.10. The zero-order valence-electron chi connectivity index (χ0n) is 13.8. The lowest BCUT2D eigenvalue weighted by Gasteiger charge is -2.11. The number of anilines is 1. The van der Waals surface area contributed by atoms with Gasteiger partial charge in [0.15, 0.2) is 0 Å². The molecule has 2 aromatic carbocycles. The number of methoxy groups -OCH3 is 2. The van der Waals surface area contributed by atoms with Crippen LogP contribution in [-0.2, 0) is 0 Å². The van der Waals surface area contributed by atoms with Crippen LogP contribution in [0.1, 0.15) is 24.2 Å². The molecule has 122 valence electrons. The monoisotopic (exact) mass is 315 g/mol. The van der Waals surface area contributed by atoms with Crippen LogP contribution in [-0.4, -0.2) is 26.2 Å². The normalized spacial score (nSPS) is 10.3. The summed E-state index contributed by atoms with van der Waals surface area (Å²) < 4.78 is 15.9. The molecular weight excluding hydrogens is 294 g/mol. The van der Waals surface area contributed by atoms with Gasteiger partial charge in [-0.2, -0.15) is 0 Å². The summed E-state index contributed by atoms with van der Waals surface area (Å²) >= 11 is 0. The van der Waals surface area contributed by atoms with Gasteiger partial charge in [-0.05, 0) is 50.2 Å². The Morgan fingerprint density at radius 1 is 0.913 bits per heavy atom. The summed E-state index contributed by atoms with van der Waals surface area (Å²) in [6.45, 7) is 3.93. The van der Waals surface area contributed by atoms with Gasteiger partial charge in [0.25, 0.3) is 5.91 Å². The first-order chi connectivity index (χ1) is 11.0. The Bertz CT molecular complexity index is 643. The second kappa shape index (κ2) is 7.54. The molecule has 0 atom stereocenters. The molecule has 1 N–H and O–H groups in total. The van der Waals surface area contributed by atoms with Crippen LogP contribution in [0.3, 0.4) is 0 Å². The van der Waals surface area contributed by atoms with E-state index in [-0.39, 0.29) is 12.0 Å². The van der Waals surface area contributed by atoms with E-state index in [9.17, 15) is 4.79 Å². The van der Waals surface area contributed by atoms with Crippen molar-refractivity contribution in [1.82, 2.24) is 0 Å². The number of ether oxygens (including phenoxy) is 3. The molecule has 0 spiro atoms. The highest BCUT2D eigenvalue weighted by atomic mass is 16.5. The Labute approximate surface area is 136 Å². The van der Waals surface area contributed by atoms with Gasteiger partial charge in [-0.3, -0.25) is 4.79 Å². The van der Waals surface area contributed by atoms with Crippen LogP contribution < -0.4 is 19.5 Å². The molecule has 0 fully saturated rings. The summed E-state index contributed by atoms with van der Waals surface area (Å²) in [5.41, 5.74) is 1.15. The number of nitrogens with one attached hydrogen (secondary N) is 1. The third-order valence-electron chi connectivity index (χ3n) is 3.10. The molecule has 0 aliphatic heterocycles. The number of hydrogen-bond acceptors (Lipinski definition) is 4. The largest absolute Gasteiger partial charge is 0.497 e. The minimum Gasteiger partial charge on any atom is -0.497 e. The van der Waals surface area contributed by atoms with Gasteiger partial charge >= 0.3 is 0 Å². The topological polar surface area (TPSA) is 56.8 Å². The molecular formula is C18H21NO4. The van der Waals surface area contributed by atoms with Crippen LogP contribution in [0.15, 0.2) is 42.5 Å². The lowest BCUT2D eigenvalue weighted by Crippen LogP contribution is -2.12. The standard InChI is InChI=1S/C18H21NO4/c1-12(2)23-15-7-5-14(6-8-15)19-18(20)13-9-16(21-3)11-17(10-13)22-4/h5-12H,1-4H3,(H,19,20). The van der Waals surface area contributed by atoms with Crippen molar-refractivity contribution in [3.05, 3.63) is 48.0 Å². The maximum Gasteiger partial charge on any atom is 0.255 e. The van der Waals surface area contributed by atoms with E-state index >= 15 is 0 Å². The van der Waals surface area contributed by atoms with E-state index in [4.69, 9.17) is 14.2 Å². The van der Waals surface area contributed by atoms with Gasteiger partial charge < -0.3 is 19.5 Å². The predicted octanol–water partition coefficient (Wildman–Crippen LogP) is 3.74. The number of amides is 1. The first kappa shape index (κ1) is 16.7. The summed E-state index contributed by atoms with van der Waals surface area (Å²) in [4.78, 5) is 12.4. The van der Waals surface area contributed by atoms with Crippen molar-refractivity contribution in [2.24, 2.45) is 0 Å². The number of carbonyl (C=O) groups is 1. The first-order valence-corrected chi connectivity index (χ1v) is 7.33. The minimum absolute atomic E-state index is 0.111. The SMILES string of the molecule is COc1cc(OC)cc(C(=O)Nc2ccc(OC(C)C)cc2)c1. The average molecular weight is 315 g/mol. The Kier molecular flexibility index (Phi) is 5.46. The molecule has 2 aromatic rings. The van der Waals surface area contributed by atoms with Crippen molar-refractivity contribution in [3.63, 3.8) is 0 Å². The Morgan fingerprint density at radius 2 is 1.48 bits per heavy atom. The molecule has 1 amide bonds. The molecule has 5 heteroatoms. The molecule has 0 bridgehead atoms. The van der Waals surface area contributed by atoms with Crippen LogP contribution in [0.4, 0.5) is 5.69 Å². The maximum atomic E-state index is 12.4. The second-order valence-electron chi connectivity index (χ2n) is 5.25. The van der Waals surface area contributed by atoms with E-state index in [1.165, 1.54) is 0 Å². The molecule has 0 aliphatic carbocycles. The van der Waals surface area contributed by atoms with Gasteiger partial charge in [0.1, 0.15) is 17.2 Å². The quantitative estimate of drug-likeness (QED) is 0.882. The molecule has 0 saturated heterocycles. The van der Waals surface area contributed by atoms with E-state index in [1.807, 2.05) is 26.0 Å². The Morgan fingerprint density at radius 3 is 1.96 bits per heavy atom. The number of hydrogen-bond donors (Lipinski definition) is 1. The van der Waals surface area contributed by atoms with E-state index in [2.05, 4.69) is 5.32 Å². The first-order valence-electron chi connectivity index (χ1n) is 7.33. The van der Waals surface area contributed by atoms with Crippen molar-refractivity contribution >= 4 is 11.6 Å². The third kappa shape index (κ3) is 4.64. The zero-order valence-corrected chi connectivity index (χ0v) is 13.8. The van der Waals surface area contributed by atoms with E-state index in [1.54, 1.807) is 44.6 Å². The fraction of sp³-hybridized carbons (Fsp3) is 0.278. The molecule has 2 rings (SSSR count). The molecule has 0 aromatic heterocycles. The van der Waals surface area contributed by atoms with Crippen LogP contribution in [0, 0.1) is 0 Å². The number of carbonyl (C=O) groups excluding carboxylic acids is 1. The molecule has 0 heterocycles. The predicted molar refractivity (Wildman–Crippen MR) is 89.7 cm³/mol. The fourth-order valence-corrected chi connectivity index (χ4v) is 2.03. The Balaban J connectivity index is 2.12. The third-order valence-corrected chi connectivity index (χ3v) is 3.10. The summed E-state index contributed by atoms with van der Waals surface area (Å²) in [6, 6.07) is 12.3. The highest BCUT2D eigenvalue weighted by molar-refractivity contribution is 6.04. The van der Waals surface area contributed by atoms with Gasteiger partial charge in [-0.25, -0.2) is 0 Å². The number of rotatable bonds is 6. The molecule has 0 aliphatic rings. The second-order valence-corrected chi connectivity index (χ2v) is 5.25. The fourth-order valence-electron chi connectivity index (χ4n) is 2.03. The van der Waals surface area contributed by atoms with Crippen LogP contribution >= 0.6 is 0 Å². The van der Waals surface area contributed by atoms with Crippen LogP contribution in [0.2, 0.25) is 0 Å². The molecule has 0 unspecified atom stereocenters. The summed E-state index contributed by atoms with van der Waals surface area (Å²) in [5.74, 6) is 1.66. The molecule has 0 radical (unpaired) electrons. The van der Waals surface area contributed by atoms with Crippen molar-refractivity contribution in [2.75, 3.05) is 19.5 Å². The van der Waals surface area contributed by atoms with Gasteiger partial charge in [0.2, 0.25) is 0 Å². The molecule has 23 heavy (non-hydrogen) atoms. The summed E-state index contributed by atoms with van der Waals surface area (Å²) in [5, 5.41) is 2.84. The van der Waals surface area contributed by atoms with Crippen molar-refractivity contribution in [3.8, 4) is 17.2 Å². The van der Waals surface area contributed by atoms with Gasteiger partial charge in [-0.1, -0.05) is 0 Å². The van der Waals surface area contributed by atoms with Gasteiger partial charge in [0, 0.05) is 17.3 Å². The van der Waals surface area contributed by atoms with Crippen LogP contribution in [0.25, 0.3) is 0 Å². The minimum atomic E-state index is -0.236. The Hall–Kier alpha value is -2.69. The van der Waals surface area contributed by atoms with Gasteiger partial charge in [0.05, 0.1) is 20.3 Å².